The molecule has 1 saturated heterocycles. The lowest BCUT2D eigenvalue weighted by molar-refractivity contribution is 0.118. The summed E-state index contributed by atoms with van der Waals surface area (Å²) in [4.78, 5) is 16.6. The lowest BCUT2D eigenvalue weighted by Crippen LogP contribution is -2.50. The zero-order chi connectivity index (χ0) is 14.5. The highest BCUT2D eigenvalue weighted by molar-refractivity contribution is 5.74. The normalized spacial score (nSPS) is 17.6. The Bertz CT molecular complexity index is 283. The van der Waals surface area contributed by atoms with Crippen molar-refractivity contribution in [2.75, 3.05) is 32.7 Å². The van der Waals surface area contributed by atoms with Gasteiger partial charge >= 0.3 is 6.03 Å². The summed E-state index contributed by atoms with van der Waals surface area (Å²) >= 11 is 0. The maximum Gasteiger partial charge on any atom is 0.320 e. The smallest absolute Gasteiger partial charge is 0.320 e. The first-order chi connectivity index (χ1) is 8.89. The van der Waals surface area contributed by atoms with Crippen LogP contribution < -0.4 is 5.73 Å². The molecule has 2 N–H and O–H groups in total. The third kappa shape index (κ3) is 5.01. The average molecular weight is 269 g/mol. The summed E-state index contributed by atoms with van der Waals surface area (Å²) in [5.41, 5.74) is 5.79. The van der Waals surface area contributed by atoms with E-state index in [9.17, 15) is 4.79 Å². The van der Waals surface area contributed by atoms with Gasteiger partial charge in [-0.2, -0.15) is 0 Å². The van der Waals surface area contributed by atoms with Gasteiger partial charge in [-0.15, -0.1) is 0 Å². The van der Waals surface area contributed by atoms with Crippen LogP contribution in [0.25, 0.3) is 0 Å². The van der Waals surface area contributed by atoms with Gasteiger partial charge in [0, 0.05) is 26.2 Å². The van der Waals surface area contributed by atoms with Crippen molar-refractivity contribution >= 4 is 6.03 Å². The number of nitrogens with zero attached hydrogens (tertiary/aromatic N) is 2. The molecule has 0 atom stereocenters. The van der Waals surface area contributed by atoms with Crippen molar-refractivity contribution in [3.63, 3.8) is 0 Å². The van der Waals surface area contributed by atoms with Crippen LogP contribution in [0.15, 0.2) is 0 Å². The summed E-state index contributed by atoms with van der Waals surface area (Å²) in [6.45, 7) is 12.6. The van der Waals surface area contributed by atoms with Gasteiger partial charge in [0.1, 0.15) is 0 Å². The molecule has 1 heterocycles. The maximum atomic E-state index is 12.6. The summed E-state index contributed by atoms with van der Waals surface area (Å²) in [6, 6.07) is 0.204. The Balaban J connectivity index is 2.62. The average Bonchev–Trinajstić information content (AvgIpc) is 2.38. The van der Waals surface area contributed by atoms with Crippen LogP contribution in [-0.4, -0.2) is 48.6 Å². The van der Waals surface area contributed by atoms with Gasteiger partial charge in [-0.25, -0.2) is 4.79 Å². The van der Waals surface area contributed by atoms with Gasteiger partial charge in [0.2, 0.25) is 0 Å². The molecule has 0 aromatic carbocycles. The van der Waals surface area contributed by atoms with Crippen molar-refractivity contribution < 1.29 is 4.79 Å². The third-order valence-electron chi connectivity index (χ3n) is 3.99. The van der Waals surface area contributed by atoms with Crippen LogP contribution in [-0.2, 0) is 0 Å². The van der Waals surface area contributed by atoms with Crippen LogP contribution in [0.5, 0.6) is 0 Å². The first-order valence-corrected chi connectivity index (χ1v) is 7.63. The molecule has 1 fully saturated rings. The van der Waals surface area contributed by atoms with E-state index in [1.165, 1.54) is 0 Å². The van der Waals surface area contributed by atoms with E-state index in [-0.39, 0.29) is 11.4 Å². The largest absolute Gasteiger partial charge is 0.330 e. The van der Waals surface area contributed by atoms with Crippen molar-refractivity contribution in [1.82, 2.24) is 9.80 Å². The molecule has 0 aromatic rings. The number of urea groups is 1. The van der Waals surface area contributed by atoms with Crippen molar-refractivity contribution in [1.29, 1.82) is 0 Å². The second-order valence-electron chi connectivity index (χ2n) is 6.74. The molecule has 4 heteroatoms. The molecule has 112 valence electrons. The van der Waals surface area contributed by atoms with Crippen LogP contribution in [0.4, 0.5) is 4.79 Å². The number of carbonyl (C=O) groups is 1. The highest BCUT2D eigenvalue weighted by atomic mass is 16.2. The lowest BCUT2D eigenvalue weighted by atomic mass is 9.93. The first kappa shape index (κ1) is 16.3. The Hall–Kier alpha value is -0.770. The number of hydrogen-bond donors (Lipinski definition) is 1. The van der Waals surface area contributed by atoms with Gasteiger partial charge in [0.15, 0.2) is 0 Å². The second kappa shape index (κ2) is 7.13. The van der Waals surface area contributed by atoms with Crippen molar-refractivity contribution in [3.05, 3.63) is 0 Å². The fourth-order valence-electron chi connectivity index (χ4n) is 2.49. The van der Waals surface area contributed by atoms with Gasteiger partial charge in [0.05, 0.1) is 0 Å². The van der Waals surface area contributed by atoms with E-state index in [2.05, 4.69) is 27.7 Å². The number of likely N-dealkylation sites (tertiary alicyclic amines) is 1. The highest BCUT2D eigenvalue weighted by Gasteiger charge is 2.28. The van der Waals surface area contributed by atoms with Crippen LogP contribution >= 0.6 is 0 Å². The van der Waals surface area contributed by atoms with Gasteiger partial charge in [-0.05, 0) is 37.1 Å². The molecule has 0 saturated carbocycles. The fourth-order valence-corrected chi connectivity index (χ4v) is 2.49. The molecule has 19 heavy (non-hydrogen) atoms. The monoisotopic (exact) mass is 269 g/mol. The molecular weight excluding hydrogens is 238 g/mol. The van der Waals surface area contributed by atoms with E-state index in [0.29, 0.717) is 6.54 Å². The Morgan fingerprint density at radius 1 is 1.37 bits per heavy atom. The molecule has 4 nitrogen and oxygen atoms in total. The Morgan fingerprint density at radius 3 is 2.42 bits per heavy atom. The summed E-state index contributed by atoms with van der Waals surface area (Å²) in [7, 11) is 0. The molecular formula is C15H31N3O. The van der Waals surface area contributed by atoms with Crippen molar-refractivity contribution in [2.45, 2.75) is 47.0 Å². The number of piperidine rings is 1. The van der Waals surface area contributed by atoms with Gasteiger partial charge in [-0.3, -0.25) is 0 Å². The third-order valence-corrected chi connectivity index (χ3v) is 3.99. The molecule has 2 amide bonds. The topological polar surface area (TPSA) is 49.6 Å². The number of rotatable bonds is 5. The summed E-state index contributed by atoms with van der Waals surface area (Å²) in [6.07, 6.45) is 3.26. The van der Waals surface area contributed by atoms with Gasteiger partial charge < -0.3 is 15.5 Å². The minimum absolute atomic E-state index is 0.00604. The number of carbonyl (C=O) groups excluding carboxylic acids is 1. The number of amides is 2. The molecule has 1 aliphatic rings. The number of nitrogens with two attached hydrogens (primary N) is 1. The first-order valence-electron chi connectivity index (χ1n) is 7.63. The zero-order valence-corrected chi connectivity index (χ0v) is 13.1. The zero-order valence-electron chi connectivity index (χ0n) is 13.1. The second-order valence-corrected chi connectivity index (χ2v) is 6.74. The van der Waals surface area contributed by atoms with E-state index in [4.69, 9.17) is 5.73 Å². The minimum atomic E-state index is -0.00604. The molecule has 1 aliphatic heterocycles. The van der Waals surface area contributed by atoms with E-state index < -0.39 is 0 Å². The van der Waals surface area contributed by atoms with E-state index in [1.54, 1.807) is 0 Å². The Morgan fingerprint density at radius 2 is 1.95 bits per heavy atom. The predicted molar refractivity (Wildman–Crippen MR) is 80.1 cm³/mol. The van der Waals surface area contributed by atoms with Crippen LogP contribution in [0.2, 0.25) is 0 Å². The molecule has 1 rings (SSSR count). The van der Waals surface area contributed by atoms with E-state index in [0.717, 1.165) is 51.4 Å². The maximum absolute atomic E-state index is 12.6. The van der Waals surface area contributed by atoms with Crippen LogP contribution in [0, 0.1) is 11.3 Å². The van der Waals surface area contributed by atoms with Crippen LogP contribution in [0.3, 0.4) is 0 Å². The quantitative estimate of drug-likeness (QED) is 0.834. The molecule has 0 unspecified atom stereocenters. The van der Waals surface area contributed by atoms with Crippen molar-refractivity contribution in [3.8, 4) is 0 Å². The Labute approximate surface area is 118 Å². The molecule has 0 aliphatic carbocycles. The summed E-state index contributed by atoms with van der Waals surface area (Å²) in [5, 5.41) is 0. The molecule has 0 aromatic heterocycles. The van der Waals surface area contributed by atoms with Crippen LogP contribution in [0.1, 0.15) is 47.0 Å². The highest BCUT2D eigenvalue weighted by Crippen LogP contribution is 2.20. The van der Waals surface area contributed by atoms with E-state index >= 15 is 0 Å². The van der Waals surface area contributed by atoms with Gasteiger partial charge in [0.25, 0.3) is 0 Å². The van der Waals surface area contributed by atoms with Gasteiger partial charge in [-0.1, -0.05) is 27.7 Å². The minimum Gasteiger partial charge on any atom is -0.330 e. The molecule has 0 radical (unpaired) electrons. The Kier molecular flexibility index (Phi) is 6.11. The summed E-state index contributed by atoms with van der Waals surface area (Å²) in [5.74, 6) is 0.754. The SMILES string of the molecule is CCCN(CC(C)(C)CN)C(=O)N1CCC(C)CC1. The predicted octanol–water partition coefficient (Wildman–Crippen LogP) is 2.54. The lowest BCUT2D eigenvalue weighted by Gasteiger charge is -2.38. The molecule has 0 bridgehead atoms. The van der Waals surface area contributed by atoms with Crippen molar-refractivity contribution in [2.24, 2.45) is 17.1 Å². The molecule has 0 spiro atoms. The standard InChI is InChI=1S/C15H31N3O/c1-5-8-18(12-15(3,4)11-16)14(19)17-9-6-13(2)7-10-17/h13H,5-12,16H2,1-4H3. The summed E-state index contributed by atoms with van der Waals surface area (Å²) < 4.78 is 0. The number of hydrogen-bond acceptors (Lipinski definition) is 2. The fraction of sp³-hybridized carbons (Fsp3) is 0.933. The van der Waals surface area contributed by atoms with E-state index in [1.807, 2.05) is 9.80 Å².